The standard InChI is InChI=1S/C8H17NO2/c1-9(2)3-4-10-5-8-6-11-7-8/h8H,3-7H2,1-2H3. The van der Waals surface area contributed by atoms with Crippen molar-refractivity contribution < 1.29 is 9.47 Å². The zero-order valence-corrected chi connectivity index (χ0v) is 7.38. The van der Waals surface area contributed by atoms with Crippen molar-refractivity contribution >= 4 is 0 Å². The maximum Gasteiger partial charge on any atom is 0.0593 e. The molecule has 1 fully saturated rings. The molecule has 0 bridgehead atoms. The van der Waals surface area contributed by atoms with Crippen molar-refractivity contribution in [1.29, 1.82) is 0 Å². The van der Waals surface area contributed by atoms with Gasteiger partial charge in [-0.25, -0.2) is 0 Å². The van der Waals surface area contributed by atoms with Crippen LogP contribution in [0.25, 0.3) is 0 Å². The van der Waals surface area contributed by atoms with Gasteiger partial charge in [0.2, 0.25) is 0 Å². The highest BCUT2D eigenvalue weighted by molar-refractivity contribution is 4.63. The Morgan fingerprint density at radius 1 is 1.45 bits per heavy atom. The summed E-state index contributed by atoms with van der Waals surface area (Å²) in [7, 11) is 4.10. The molecule has 1 aliphatic rings. The van der Waals surface area contributed by atoms with Gasteiger partial charge in [-0.15, -0.1) is 0 Å². The molecule has 0 aromatic carbocycles. The Kier molecular flexibility index (Phi) is 3.83. The lowest BCUT2D eigenvalue weighted by Crippen LogP contribution is -2.32. The monoisotopic (exact) mass is 159 g/mol. The Morgan fingerprint density at radius 3 is 2.64 bits per heavy atom. The van der Waals surface area contributed by atoms with E-state index >= 15 is 0 Å². The van der Waals surface area contributed by atoms with Crippen LogP contribution in [-0.2, 0) is 9.47 Å². The molecule has 11 heavy (non-hydrogen) atoms. The van der Waals surface area contributed by atoms with E-state index in [0.717, 1.165) is 33.0 Å². The first-order valence-electron chi connectivity index (χ1n) is 4.09. The molecule has 3 heteroatoms. The number of nitrogens with zero attached hydrogens (tertiary/aromatic N) is 1. The van der Waals surface area contributed by atoms with E-state index in [1.165, 1.54) is 0 Å². The second kappa shape index (κ2) is 4.70. The second-order valence-corrected chi connectivity index (χ2v) is 3.28. The Morgan fingerprint density at radius 2 is 2.18 bits per heavy atom. The van der Waals surface area contributed by atoms with Crippen LogP contribution in [0.15, 0.2) is 0 Å². The summed E-state index contributed by atoms with van der Waals surface area (Å²) in [5.74, 6) is 0.664. The molecule has 0 aromatic heterocycles. The van der Waals surface area contributed by atoms with E-state index in [2.05, 4.69) is 19.0 Å². The van der Waals surface area contributed by atoms with E-state index in [-0.39, 0.29) is 0 Å². The van der Waals surface area contributed by atoms with Crippen molar-refractivity contribution in [2.45, 2.75) is 0 Å². The zero-order valence-electron chi connectivity index (χ0n) is 7.38. The minimum absolute atomic E-state index is 0.664. The molecule has 0 atom stereocenters. The zero-order chi connectivity index (χ0) is 8.10. The maximum absolute atomic E-state index is 5.43. The van der Waals surface area contributed by atoms with E-state index in [4.69, 9.17) is 9.47 Å². The van der Waals surface area contributed by atoms with Gasteiger partial charge in [0, 0.05) is 12.5 Å². The first-order chi connectivity index (χ1) is 5.29. The van der Waals surface area contributed by atoms with Crippen molar-refractivity contribution in [1.82, 2.24) is 4.90 Å². The summed E-state index contributed by atoms with van der Waals surface area (Å²) in [6.07, 6.45) is 0. The number of hydrogen-bond donors (Lipinski definition) is 0. The number of hydrogen-bond acceptors (Lipinski definition) is 3. The van der Waals surface area contributed by atoms with Gasteiger partial charge in [0.05, 0.1) is 26.4 Å². The van der Waals surface area contributed by atoms with E-state index in [9.17, 15) is 0 Å². The summed E-state index contributed by atoms with van der Waals surface area (Å²) in [6.45, 7) is 4.49. The molecule has 1 heterocycles. The summed E-state index contributed by atoms with van der Waals surface area (Å²) < 4.78 is 10.4. The molecular weight excluding hydrogens is 142 g/mol. The van der Waals surface area contributed by atoms with Crippen LogP contribution in [0, 0.1) is 5.92 Å². The number of rotatable bonds is 5. The van der Waals surface area contributed by atoms with E-state index in [0.29, 0.717) is 5.92 Å². The van der Waals surface area contributed by atoms with Gasteiger partial charge < -0.3 is 14.4 Å². The third-order valence-electron chi connectivity index (χ3n) is 1.74. The molecule has 66 valence electrons. The van der Waals surface area contributed by atoms with E-state index in [1.54, 1.807) is 0 Å². The quantitative estimate of drug-likeness (QED) is 0.535. The Bertz CT molecular complexity index is 102. The first kappa shape index (κ1) is 8.97. The van der Waals surface area contributed by atoms with E-state index < -0.39 is 0 Å². The molecule has 0 unspecified atom stereocenters. The van der Waals surface area contributed by atoms with Crippen molar-refractivity contribution in [2.24, 2.45) is 5.92 Å². The largest absolute Gasteiger partial charge is 0.381 e. The lowest BCUT2D eigenvalue weighted by molar-refractivity contribution is -0.0724. The van der Waals surface area contributed by atoms with Crippen LogP contribution in [0.5, 0.6) is 0 Å². The molecule has 0 saturated carbocycles. The minimum atomic E-state index is 0.664. The lowest BCUT2D eigenvalue weighted by Gasteiger charge is -2.25. The normalized spacial score (nSPS) is 18.8. The minimum Gasteiger partial charge on any atom is -0.381 e. The number of ether oxygens (including phenoxy) is 2. The molecule has 0 amide bonds. The molecule has 0 spiro atoms. The predicted octanol–water partition coefficient (Wildman–Crippen LogP) is 0.211. The van der Waals surface area contributed by atoms with Crippen LogP contribution in [0.2, 0.25) is 0 Å². The summed E-state index contributed by atoms with van der Waals surface area (Å²) in [4.78, 5) is 2.12. The summed E-state index contributed by atoms with van der Waals surface area (Å²) >= 11 is 0. The van der Waals surface area contributed by atoms with Gasteiger partial charge in [-0.05, 0) is 14.1 Å². The van der Waals surface area contributed by atoms with Gasteiger partial charge in [0.25, 0.3) is 0 Å². The average molecular weight is 159 g/mol. The third-order valence-corrected chi connectivity index (χ3v) is 1.74. The highest BCUT2D eigenvalue weighted by Crippen LogP contribution is 2.09. The predicted molar refractivity (Wildman–Crippen MR) is 43.7 cm³/mol. The van der Waals surface area contributed by atoms with Crippen molar-refractivity contribution in [3.8, 4) is 0 Å². The molecule has 3 nitrogen and oxygen atoms in total. The van der Waals surface area contributed by atoms with Crippen LogP contribution in [0.4, 0.5) is 0 Å². The Labute approximate surface area is 68.3 Å². The molecule has 0 N–H and O–H groups in total. The molecule has 1 aliphatic heterocycles. The van der Waals surface area contributed by atoms with Gasteiger partial charge in [0.1, 0.15) is 0 Å². The fourth-order valence-electron chi connectivity index (χ4n) is 0.878. The highest BCUT2D eigenvalue weighted by atomic mass is 16.5. The highest BCUT2D eigenvalue weighted by Gasteiger charge is 2.17. The maximum atomic E-state index is 5.43. The molecule has 1 rings (SSSR count). The van der Waals surface area contributed by atoms with E-state index in [1.807, 2.05) is 0 Å². The fraction of sp³-hybridized carbons (Fsp3) is 1.00. The Hall–Kier alpha value is -0.120. The van der Waals surface area contributed by atoms with Crippen LogP contribution in [0.1, 0.15) is 0 Å². The SMILES string of the molecule is CN(C)CCOCC1COC1. The van der Waals surface area contributed by atoms with Crippen LogP contribution >= 0.6 is 0 Å². The van der Waals surface area contributed by atoms with Crippen molar-refractivity contribution in [3.63, 3.8) is 0 Å². The first-order valence-corrected chi connectivity index (χ1v) is 4.09. The molecule has 0 radical (unpaired) electrons. The molecule has 0 aliphatic carbocycles. The molecule has 0 aromatic rings. The Balaban J connectivity index is 1.80. The van der Waals surface area contributed by atoms with Crippen LogP contribution < -0.4 is 0 Å². The second-order valence-electron chi connectivity index (χ2n) is 3.28. The summed E-state index contributed by atoms with van der Waals surface area (Å²) in [5, 5.41) is 0. The van der Waals surface area contributed by atoms with Gasteiger partial charge >= 0.3 is 0 Å². The van der Waals surface area contributed by atoms with Gasteiger partial charge in [0.15, 0.2) is 0 Å². The van der Waals surface area contributed by atoms with Gasteiger partial charge in [-0.3, -0.25) is 0 Å². The lowest BCUT2D eigenvalue weighted by atomic mass is 10.1. The average Bonchev–Trinajstić information content (AvgIpc) is 1.82. The summed E-state index contributed by atoms with van der Waals surface area (Å²) in [6, 6.07) is 0. The third kappa shape index (κ3) is 3.70. The van der Waals surface area contributed by atoms with Crippen LogP contribution in [-0.4, -0.2) is 52.0 Å². The molecule has 1 saturated heterocycles. The smallest absolute Gasteiger partial charge is 0.0593 e. The fourth-order valence-corrected chi connectivity index (χ4v) is 0.878. The van der Waals surface area contributed by atoms with Gasteiger partial charge in [-0.2, -0.15) is 0 Å². The van der Waals surface area contributed by atoms with Crippen LogP contribution in [0.3, 0.4) is 0 Å². The summed E-state index contributed by atoms with van der Waals surface area (Å²) in [5.41, 5.74) is 0. The topological polar surface area (TPSA) is 21.7 Å². The van der Waals surface area contributed by atoms with Gasteiger partial charge in [-0.1, -0.05) is 0 Å². The number of likely N-dealkylation sites (N-methyl/N-ethyl adjacent to an activating group) is 1. The molecular formula is C8H17NO2. The van der Waals surface area contributed by atoms with Crippen molar-refractivity contribution in [2.75, 3.05) is 47.1 Å². The van der Waals surface area contributed by atoms with Crippen molar-refractivity contribution in [3.05, 3.63) is 0 Å².